The Balaban J connectivity index is 0.000000549. The van der Waals surface area contributed by atoms with E-state index < -0.39 is 17.6 Å². The Morgan fingerprint density at radius 3 is 1.64 bits per heavy atom. The first kappa shape index (κ1) is 30.2. The largest absolute Gasteiger partial charge is 0.277 e. The van der Waals surface area contributed by atoms with Gasteiger partial charge in [-0.1, -0.05) is 39.8 Å². The van der Waals surface area contributed by atoms with Crippen molar-refractivity contribution in [3.05, 3.63) is 70.3 Å². The number of nitrogens with one attached hydrogen (secondary N) is 2. The summed E-state index contributed by atoms with van der Waals surface area (Å²) in [4.78, 5) is 32.0. The van der Waals surface area contributed by atoms with Gasteiger partial charge in [-0.25, -0.2) is 19.7 Å². The van der Waals surface area contributed by atoms with Crippen molar-refractivity contribution in [3.63, 3.8) is 0 Å². The van der Waals surface area contributed by atoms with Gasteiger partial charge in [0, 0.05) is 11.1 Å². The molecule has 2 aromatic carbocycles. The molecule has 1 fully saturated rings. The van der Waals surface area contributed by atoms with Gasteiger partial charge in [0.2, 0.25) is 0 Å². The molecule has 0 aliphatic heterocycles. The third-order valence-corrected chi connectivity index (χ3v) is 4.24. The Hall–Kier alpha value is -2.84. The molecule has 0 unspecified atom stereocenters. The van der Waals surface area contributed by atoms with Gasteiger partial charge in [-0.3, -0.25) is 19.3 Å². The van der Waals surface area contributed by atoms with Crippen LogP contribution in [0.2, 0.25) is 0 Å². The van der Waals surface area contributed by atoms with Crippen LogP contribution < -0.4 is 11.0 Å². The topological polar surface area (TPSA) is 76.7 Å². The Bertz CT molecular complexity index is 871. The first-order valence-corrected chi connectivity index (χ1v) is 11.1. The fraction of sp³-hybridized carbons (Fsp3) is 0.440. The van der Waals surface area contributed by atoms with Gasteiger partial charge in [0.1, 0.15) is 11.6 Å². The van der Waals surface area contributed by atoms with Crippen molar-refractivity contribution >= 4 is 11.8 Å². The summed E-state index contributed by atoms with van der Waals surface area (Å²) in [6, 6.07) is 8.61. The van der Waals surface area contributed by atoms with Crippen molar-refractivity contribution in [2.45, 2.75) is 54.4 Å². The number of carbonyl (C=O) groups is 2. The summed E-state index contributed by atoms with van der Waals surface area (Å²) in [7, 11) is 1.32. The number of carbonyl (C=O) groups excluding carboxylic acids is 2. The second-order valence-corrected chi connectivity index (χ2v) is 6.75. The maximum atomic E-state index is 13.2. The number of amides is 2. The Labute approximate surface area is 195 Å². The lowest BCUT2D eigenvalue weighted by Crippen LogP contribution is -2.24. The van der Waals surface area contributed by atoms with Crippen LogP contribution >= 0.6 is 0 Å². The molecule has 6 nitrogen and oxygen atoms in total. The summed E-state index contributed by atoms with van der Waals surface area (Å²) in [5.41, 5.74) is 5.96. The van der Waals surface area contributed by atoms with E-state index >= 15 is 0 Å². The van der Waals surface area contributed by atoms with E-state index in [2.05, 4.69) is 15.8 Å². The molecule has 0 saturated heterocycles. The molecule has 0 bridgehead atoms. The number of benzene rings is 2. The molecule has 2 amide bonds. The minimum atomic E-state index is -0.457. The third kappa shape index (κ3) is 11.5. The summed E-state index contributed by atoms with van der Waals surface area (Å²) in [6.45, 7) is 11.8. The van der Waals surface area contributed by atoms with Crippen molar-refractivity contribution < 1.29 is 28.0 Å². The van der Waals surface area contributed by atoms with Gasteiger partial charge in [-0.05, 0) is 68.0 Å². The normalized spacial score (nSPS) is 11.4. The van der Waals surface area contributed by atoms with Crippen LogP contribution in [0, 0.1) is 31.4 Å². The van der Waals surface area contributed by atoms with Crippen molar-refractivity contribution in [1.29, 1.82) is 0 Å². The number of hydroxylamine groups is 2. The standard InChI is InChI=1S/C12H14FNO2.C9H10FNO2.2C2H6/c1-8-2-5-10(6-11(8)13)12(15)14-16-7-9-3-4-9;1-6-3-4-7(5-8(6)10)9(12)11-13-2;2*1-2/h2,5-6,9H,3-4,7H2,1H3,(H,14,15);3-5H,1-2H3,(H,11,12);2*1-2H3. The van der Waals surface area contributed by atoms with Gasteiger partial charge in [-0.15, -0.1) is 0 Å². The molecule has 0 heterocycles. The minimum Gasteiger partial charge on any atom is -0.277 e. The lowest BCUT2D eigenvalue weighted by molar-refractivity contribution is 0.0270. The van der Waals surface area contributed by atoms with Crippen LogP contribution in [0.15, 0.2) is 36.4 Å². The second-order valence-electron chi connectivity index (χ2n) is 6.75. The van der Waals surface area contributed by atoms with Crippen LogP contribution in [0.25, 0.3) is 0 Å². The molecule has 8 heteroatoms. The summed E-state index contributed by atoms with van der Waals surface area (Å²) in [5.74, 6) is -1.06. The lowest BCUT2D eigenvalue weighted by atomic mass is 10.1. The zero-order valence-corrected chi connectivity index (χ0v) is 20.6. The molecule has 1 aliphatic carbocycles. The number of hydrogen-bond acceptors (Lipinski definition) is 4. The average molecular weight is 467 g/mol. The molecular weight excluding hydrogens is 430 g/mol. The zero-order valence-electron chi connectivity index (χ0n) is 20.6. The smallest absolute Gasteiger partial charge is 0.274 e. The molecule has 33 heavy (non-hydrogen) atoms. The molecular formula is C25H36F2N2O4. The Kier molecular flexibility index (Phi) is 15.3. The third-order valence-electron chi connectivity index (χ3n) is 4.24. The molecule has 184 valence electrons. The van der Waals surface area contributed by atoms with Crippen LogP contribution in [0.1, 0.15) is 72.4 Å². The molecule has 1 saturated carbocycles. The Morgan fingerprint density at radius 1 is 0.848 bits per heavy atom. The van der Waals surface area contributed by atoms with Crippen molar-refractivity contribution in [2.24, 2.45) is 5.92 Å². The number of aryl methyl sites for hydroxylation is 2. The lowest BCUT2D eigenvalue weighted by Gasteiger charge is -2.05. The molecule has 2 aromatic rings. The first-order valence-electron chi connectivity index (χ1n) is 11.1. The van der Waals surface area contributed by atoms with E-state index in [4.69, 9.17) is 4.84 Å². The zero-order chi connectivity index (χ0) is 25.4. The van der Waals surface area contributed by atoms with Gasteiger partial charge in [0.05, 0.1) is 13.7 Å². The average Bonchev–Trinajstić information content (AvgIpc) is 3.65. The molecule has 2 N–H and O–H groups in total. The van der Waals surface area contributed by atoms with Gasteiger partial charge >= 0.3 is 0 Å². The highest BCUT2D eigenvalue weighted by Gasteiger charge is 2.22. The first-order chi connectivity index (χ1) is 15.8. The number of rotatable bonds is 6. The predicted molar refractivity (Wildman–Crippen MR) is 126 cm³/mol. The van der Waals surface area contributed by atoms with Gasteiger partial charge in [-0.2, -0.15) is 0 Å². The number of hydrogen-bond donors (Lipinski definition) is 2. The van der Waals surface area contributed by atoms with E-state index in [0.29, 0.717) is 23.7 Å². The summed E-state index contributed by atoms with van der Waals surface area (Å²) >= 11 is 0. The van der Waals surface area contributed by atoms with Crippen LogP contribution in [0.4, 0.5) is 8.78 Å². The Morgan fingerprint density at radius 2 is 1.27 bits per heavy atom. The van der Waals surface area contributed by atoms with E-state index in [1.807, 2.05) is 27.7 Å². The predicted octanol–water partition coefficient (Wildman–Crippen LogP) is 5.68. The molecule has 0 aromatic heterocycles. The van der Waals surface area contributed by atoms with Crippen LogP contribution in [-0.4, -0.2) is 25.5 Å². The molecule has 0 spiro atoms. The summed E-state index contributed by atoms with van der Waals surface area (Å²) in [5, 5.41) is 0. The van der Waals surface area contributed by atoms with E-state index in [9.17, 15) is 18.4 Å². The SMILES string of the molecule is CC.CC.CONC(=O)c1ccc(C)c(F)c1.Cc1ccc(C(=O)NOCC2CC2)cc1F. The second kappa shape index (κ2) is 16.7. The van der Waals surface area contributed by atoms with Gasteiger partial charge in [0.25, 0.3) is 11.8 Å². The maximum Gasteiger partial charge on any atom is 0.274 e. The molecule has 3 rings (SSSR count). The van der Waals surface area contributed by atoms with Crippen LogP contribution in [-0.2, 0) is 9.68 Å². The minimum absolute atomic E-state index is 0.241. The fourth-order valence-corrected chi connectivity index (χ4v) is 2.19. The van der Waals surface area contributed by atoms with Crippen molar-refractivity contribution in [1.82, 2.24) is 11.0 Å². The summed E-state index contributed by atoms with van der Waals surface area (Å²) in [6.07, 6.45) is 2.32. The van der Waals surface area contributed by atoms with Crippen LogP contribution in [0.5, 0.6) is 0 Å². The van der Waals surface area contributed by atoms with Crippen molar-refractivity contribution in [2.75, 3.05) is 13.7 Å². The highest BCUT2D eigenvalue weighted by Crippen LogP contribution is 2.28. The fourth-order valence-electron chi connectivity index (χ4n) is 2.19. The van der Waals surface area contributed by atoms with Crippen molar-refractivity contribution in [3.8, 4) is 0 Å². The summed E-state index contributed by atoms with van der Waals surface area (Å²) < 4.78 is 26.1. The molecule has 0 atom stereocenters. The van der Waals surface area contributed by atoms with Crippen LogP contribution in [0.3, 0.4) is 0 Å². The monoisotopic (exact) mass is 466 g/mol. The molecule has 0 radical (unpaired) electrons. The highest BCUT2D eigenvalue weighted by atomic mass is 19.1. The molecule has 1 aliphatic rings. The highest BCUT2D eigenvalue weighted by molar-refractivity contribution is 5.93. The van der Waals surface area contributed by atoms with Gasteiger partial charge in [0.15, 0.2) is 0 Å². The number of halogens is 2. The van der Waals surface area contributed by atoms with E-state index in [-0.39, 0.29) is 16.9 Å². The quantitative estimate of drug-likeness (QED) is 0.537. The van der Waals surface area contributed by atoms with E-state index in [1.165, 1.54) is 25.3 Å². The van der Waals surface area contributed by atoms with Gasteiger partial charge < -0.3 is 0 Å². The van der Waals surface area contributed by atoms with E-state index in [0.717, 1.165) is 12.8 Å². The maximum absolute atomic E-state index is 13.2. The van der Waals surface area contributed by atoms with E-state index in [1.54, 1.807) is 32.0 Å².